The van der Waals surface area contributed by atoms with E-state index >= 15 is 0 Å². The van der Waals surface area contributed by atoms with E-state index in [0.29, 0.717) is 12.8 Å². The predicted octanol–water partition coefficient (Wildman–Crippen LogP) is 2.23. The molecule has 1 rings (SSSR count). The molecule has 1 aliphatic rings. The van der Waals surface area contributed by atoms with Crippen LogP contribution in [-0.2, 0) is 0 Å². The molecule has 0 bridgehead atoms. The van der Waals surface area contributed by atoms with Gasteiger partial charge in [0.2, 0.25) is 0 Å². The summed E-state index contributed by atoms with van der Waals surface area (Å²) in [5.74, 6) is -0.151. The lowest BCUT2D eigenvalue weighted by Crippen LogP contribution is -2.60. The molecule has 3 nitrogen and oxygen atoms in total. The summed E-state index contributed by atoms with van der Waals surface area (Å²) in [7, 11) is 0. The van der Waals surface area contributed by atoms with E-state index in [2.05, 4.69) is 6.92 Å². The molecule has 0 aromatic heterocycles. The fourth-order valence-corrected chi connectivity index (χ4v) is 3.74. The second-order valence-corrected chi connectivity index (χ2v) is 6.61. The Morgan fingerprint density at radius 1 is 0.941 bits per heavy atom. The highest BCUT2D eigenvalue weighted by atomic mass is 16.3. The topological polar surface area (TPSA) is 60.7 Å². The van der Waals surface area contributed by atoms with Gasteiger partial charge in [0.05, 0.1) is 16.8 Å². The minimum Gasteiger partial charge on any atom is -0.390 e. The van der Waals surface area contributed by atoms with Crippen molar-refractivity contribution in [2.45, 2.75) is 83.0 Å². The predicted molar refractivity (Wildman–Crippen MR) is 68.7 cm³/mol. The van der Waals surface area contributed by atoms with Crippen molar-refractivity contribution in [2.24, 2.45) is 5.92 Å². The van der Waals surface area contributed by atoms with Crippen LogP contribution in [0.4, 0.5) is 0 Å². The van der Waals surface area contributed by atoms with E-state index < -0.39 is 16.8 Å². The first kappa shape index (κ1) is 14.9. The first-order valence-electron chi connectivity index (χ1n) is 6.78. The van der Waals surface area contributed by atoms with Gasteiger partial charge >= 0.3 is 0 Å². The fraction of sp³-hybridized carbons (Fsp3) is 1.00. The molecule has 0 aromatic rings. The van der Waals surface area contributed by atoms with Crippen LogP contribution in [0.5, 0.6) is 0 Å². The van der Waals surface area contributed by atoms with Crippen LogP contribution in [0.25, 0.3) is 0 Å². The molecular weight excluding hydrogens is 216 g/mol. The van der Waals surface area contributed by atoms with Crippen molar-refractivity contribution in [3.63, 3.8) is 0 Å². The molecule has 1 fully saturated rings. The standard InChI is InChI=1S/C14H28O3/c1-5-6-7-8-11-13(3,16)9-12(2,15)10-14(11,4)17/h11,15-17H,5-10H2,1-4H3. The van der Waals surface area contributed by atoms with Crippen LogP contribution in [0, 0.1) is 5.92 Å². The lowest BCUT2D eigenvalue weighted by Gasteiger charge is -2.52. The fourth-order valence-electron chi connectivity index (χ4n) is 3.74. The summed E-state index contributed by atoms with van der Waals surface area (Å²) in [5.41, 5.74) is -2.95. The second kappa shape index (κ2) is 4.87. The molecule has 1 aliphatic carbocycles. The first-order valence-corrected chi connectivity index (χ1v) is 6.78. The zero-order valence-corrected chi connectivity index (χ0v) is 11.7. The molecule has 102 valence electrons. The van der Waals surface area contributed by atoms with E-state index in [0.717, 1.165) is 25.7 Å². The third-order valence-corrected chi connectivity index (χ3v) is 4.08. The molecule has 0 aliphatic heterocycles. The summed E-state index contributed by atoms with van der Waals surface area (Å²) in [5, 5.41) is 31.1. The lowest BCUT2D eigenvalue weighted by atomic mass is 9.61. The molecule has 0 heterocycles. The Labute approximate surface area is 105 Å². The molecule has 2 unspecified atom stereocenters. The van der Waals surface area contributed by atoms with Gasteiger partial charge in [0, 0.05) is 18.8 Å². The zero-order chi connectivity index (χ0) is 13.3. The minimum atomic E-state index is -0.987. The maximum atomic E-state index is 10.5. The zero-order valence-electron chi connectivity index (χ0n) is 11.7. The van der Waals surface area contributed by atoms with Gasteiger partial charge in [-0.2, -0.15) is 0 Å². The Hall–Kier alpha value is -0.120. The van der Waals surface area contributed by atoms with Crippen LogP contribution in [0.1, 0.15) is 66.2 Å². The van der Waals surface area contributed by atoms with Crippen molar-refractivity contribution in [2.75, 3.05) is 0 Å². The second-order valence-electron chi connectivity index (χ2n) is 6.61. The van der Waals surface area contributed by atoms with Gasteiger partial charge in [-0.15, -0.1) is 0 Å². The molecule has 1 saturated carbocycles. The lowest BCUT2D eigenvalue weighted by molar-refractivity contribution is -0.204. The van der Waals surface area contributed by atoms with Crippen LogP contribution in [0.3, 0.4) is 0 Å². The average molecular weight is 244 g/mol. The van der Waals surface area contributed by atoms with Crippen LogP contribution in [0.2, 0.25) is 0 Å². The molecule has 0 aromatic carbocycles. The molecular formula is C14H28O3. The first-order chi connectivity index (χ1) is 7.61. The molecule has 0 saturated heterocycles. The monoisotopic (exact) mass is 244 g/mol. The van der Waals surface area contributed by atoms with Gasteiger partial charge in [-0.3, -0.25) is 0 Å². The maximum Gasteiger partial charge on any atom is 0.0702 e. The van der Waals surface area contributed by atoms with E-state index in [4.69, 9.17) is 0 Å². The Kier molecular flexibility index (Phi) is 4.28. The normalized spacial score (nSPS) is 47.1. The smallest absolute Gasteiger partial charge is 0.0702 e. The SMILES string of the molecule is CCCCCC1C(C)(O)CC(C)(O)CC1(C)O. The number of rotatable bonds is 4. The number of aliphatic hydroxyl groups is 3. The van der Waals surface area contributed by atoms with Gasteiger partial charge in [-0.05, 0) is 27.2 Å². The number of hydrogen-bond acceptors (Lipinski definition) is 3. The summed E-state index contributed by atoms with van der Waals surface area (Å²) in [6.07, 6.45) is 4.78. The third kappa shape index (κ3) is 3.67. The Morgan fingerprint density at radius 3 is 1.82 bits per heavy atom. The Balaban J connectivity index is 2.78. The summed E-state index contributed by atoms with van der Waals surface area (Å²) in [6, 6.07) is 0. The molecule has 0 radical (unpaired) electrons. The number of hydrogen-bond donors (Lipinski definition) is 3. The van der Waals surface area contributed by atoms with Crippen LogP contribution in [0.15, 0.2) is 0 Å². The van der Waals surface area contributed by atoms with Crippen molar-refractivity contribution in [3.05, 3.63) is 0 Å². The van der Waals surface area contributed by atoms with Crippen molar-refractivity contribution < 1.29 is 15.3 Å². The average Bonchev–Trinajstić information content (AvgIpc) is 2.05. The van der Waals surface area contributed by atoms with Gasteiger partial charge < -0.3 is 15.3 Å². The Bertz CT molecular complexity index is 236. The highest BCUT2D eigenvalue weighted by Gasteiger charge is 2.53. The van der Waals surface area contributed by atoms with Crippen LogP contribution in [-0.4, -0.2) is 32.1 Å². The molecule has 0 amide bonds. The largest absolute Gasteiger partial charge is 0.390 e. The van der Waals surface area contributed by atoms with E-state index in [9.17, 15) is 15.3 Å². The van der Waals surface area contributed by atoms with E-state index in [-0.39, 0.29) is 5.92 Å². The highest BCUT2D eigenvalue weighted by molar-refractivity contribution is 5.05. The van der Waals surface area contributed by atoms with Gasteiger partial charge in [0.15, 0.2) is 0 Å². The molecule has 17 heavy (non-hydrogen) atoms. The van der Waals surface area contributed by atoms with Gasteiger partial charge in [0.1, 0.15) is 0 Å². The van der Waals surface area contributed by atoms with Crippen molar-refractivity contribution in [1.82, 2.24) is 0 Å². The summed E-state index contributed by atoms with van der Waals surface area (Å²) in [4.78, 5) is 0. The van der Waals surface area contributed by atoms with E-state index in [1.165, 1.54) is 0 Å². The van der Waals surface area contributed by atoms with E-state index in [1.54, 1.807) is 20.8 Å². The maximum absolute atomic E-state index is 10.5. The van der Waals surface area contributed by atoms with Gasteiger partial charge in [-0.1, -0.05) is 26.2 Å². The van der Waals surface area contributed by atoms with Crippen molar-refractivity contribution in [1.29, 1.82) is 0 Å². The summed E-state index contributed by atoms with van der Waals surface area (Å²) >= 11 is 0. The van der Waals surface area contributed by atoms with Crippen molar-refractivity contribution in [3.8, 4) is 0 Å². The summed E-state index contributed by atoms with van der Waals surface area (Å²) < 4.78 is 0. The molecule has 3 N–H and O–H groups in total. The quantitative estimate of drug-likeness (QED) is 0.665. The third-order valence-electron chi connectivity index (χ3n) is 4.08. The van der Waals surface area contributed by atoms with E-state index in [1.807, 2.05) is 0 Å². The van der Waals surface area contributed by atoms with Crippen LogP contribution >= 0.6 is 0 Å². The van der Waals surface area contributed by atoms with Gasteiger partial charge in [-0.25, -0.2) is 0 Å². The Morgan fingerprint density at radius 2 is 1.41 bits per heavy atom. The number of unbranched alkanes of at least 4 members (excludes halogenated alkanes) is 2. The van der Waals surface area contributed by atoms with Crippen LogP contribution < -0.4 is 0 Å². The van der Waals surface area contributed by atoms with Gasteiger partial charge in [0.25, 0.3) is 0 Å². The summed E-state index contributed by atoms with van der Waals surface area (Å²) in [6.45, 7) is 7.32. The van der Waals surface area contributed by atoms with Crippen molar-refractivity contribution >= 4 is 0 Å². The molecule has 2 atom stereocenters. The molecule has 0 spiro atoms. The minimum absolute atomic E-state index is 0.151. The molecule has 3 heteroatoms. The highest BCUT2D eigenvalue weighted by Crippen LogP contribution is 2.47.